The fourth-order valence-electron chi connectivity index (χ4n) is 3.05. The van der Waals surface area contributed by atoms with Crippen molar-refractivity contribution >= 4 is 6.09 Å². The van der Waals surface area contributed by atoms with Gasteiger partial charge >= 0.3 is 12.3 Å². The molecule has 0 radical (unpaired) electrons. The predicted octanol–water partition coefficient (Wildman–Crippen LogP) is 4.75. The number of rotatable bonds is 3. The third-order valence-corrected chi connectivity index (χ3v) is 4.18. The molecule has 1 unspecified atom stereocenters. The first-order valence-electron chi connectivity index (χ1n) is 8.69. The monoisotopic (exact) mass is 399 g/mol. The van der Waals surface area contributed by atoms with Crippen LogP contribution in [-0.2, 0) is 6.18 Å². The van der Waals surface area contributed by atoms with Crippen molar-refractivity contribution in [2.75, 3.05) is 6.54 Å². The molecule has 0 aliphatic carbocycles. The van der Waals surface area contributed by atoms with E-state index in [0.29, 0.717) is 19.4 Å². The minimum atomic E-state index is -4.63. The standard InChI is InChI=1S/C18H20F3N3O4/c1-17(2,3)27-13-7-6-10(9-11(13)18(19,20)21)14-22-15(28-23-14)12-5-4-8-24(12)16(25)26/h6-7,9,12H,4-5,8H2,1-3H3,(H,25,26). The molecule has 1 aromatic heterocycles. The number of hydrogen-bond donors (Lipinski definition) is 1. The number of halogens is 3. The third kappa shape index (κ3) is 4.20. The number of nitrogens with zero attached hydrogens (tertiary/aromatic N) is 3. The zero-order chi connectivity index (χ0) is 20.7. The van der Waals surface area contributed by atoms with E-state index in [-0.39, 0.29) is 23.0 Å². The number of alkyl halides is 3. The lowest BCUT2D eigenvalue weighted by atomic mass is 10.1. The maximum Gasteiger partial charge on any atom is 0.419 e. The van der Waals surface area contributed by atoms with Crippen LogP contribution >= 0.6 is 0 Å². The van der Waals surface area contributed by atoms with Crippen molar-refractivity contribution < 1.29 is 32.3 Å². The Balaban J connectivity index is 1.94. The van der Waals surface area contributed by atoms with E-state index in [0.717, 1.165) is 6.07 Å². The maximum absolute atomic E-state index is 13.5. The van der Waals surface area contributed by atoms with Crippen molar-refractivity contribution in [3.8, 4) is 17.1 Å². The highest BCUT2D eigenvalue weighted by molar-refractivity contribution is 5.66. The summed E-state index contributed by atoms with van der Waals surface area (Å²) >= 11 is 0. The number of likely N-dealkylation sites (tertiary alicyclic amines) is 1. The number of aromatic nitrogens is 2. The highest BCUT2D eigenvalue weighted by Crippen LogP contribution is 2.40. The molecule has 7 nitrogen and oxygen atoms in total. The maximum atomic E-state index is 13.5. The largest absolute Gasteiger partial charge is 0.488 e. The number of carbonyl (C=O) groups is 1. The van der Waals surface area contributed by atoms with Crippen molar-refractivity contribution in [1.82, 2.24) is 15.0 Å². The van der Waals surface area contributed by atoms with Crippen molar-refractivity contribution in [2.45, 2.75) is 51.4 Å². The summed E-state index contributed by atoms with van der Waals surface area (Å²) in [6, 6.07) is 2.94. The van der Waals surface area contributed by atoms with Gasteiger partial charge in [0.2, 0.25) is 11.7 Å². The van der Waals surface area contributed by atoms with Crippen LogP contribution in [0, 0.1) is 0 Å². The summed E-state index contributed by atoms with van der Waals surface area (Å²) in [6.07, 6.45) is -4.58. The highest BCUT2D eigenvalue weighted by atomic mass is 19.4. The van der Waals surface area contributed by atoms with Gasteiger partial charge < -0.3 is 14.4 Å². The van der Waals surface area contributed by atoms with Crippen molar-refractivity contribution in [1.29, 1.82) is 0 Å². The van der Waals surface area contributed by atoms with Crippen molar-refractivity contribution in [2.24, 2.45) is 0 Å². The normalized spacial score (nSPS) is 17.8. The molecule has 152 valence electrons. The molecule has 0 spiro atoms. The molecule has 1 saturated heterocycles. The predicted molar refractivity (Wildman–Crippen MR) is 91.8 cm³/mol. The van der Waals surface area contributed by atoms with Crippen LogP contribution in [0.25, 0.3) is 11.4 Å². The summed E-state index contributed by atoms with van der Waals surface area (Å²) in [7, 11) is 0. The second kappa shape index (κ2) is 6.99. The zero-order valence-electron chi connectivity index (χ0n) is 15.6. The average Bonchev–Trinajstić information content (AvgIpc) is 3.21. The van der Waals surface area contributed by atoms with Crippen LogP contribution in [0.3, 0.4) is 0 Å². The second-order valence-electron chi connectivity index (χ2n) is 7.51. The number of carboxylic acid groups (broad SMARTS) is 1. The summed E-state index contributed by atoms with van der Waals surface area (Å²) in [4.78, 5) is 16.6. The van der Waals surface area contributed by atoms with Gasteiger partial charge in [0.1, 0.15) is 17.4 Å². The summed E-state index contributed by atoms with van der Waals surface area (Å²) in [5.74, 6) is -0.265. The molecule has 3 rings (SSSR count). The molecule has 1 amide bonds. The van der Waals surface area contributed by atoms with Gasteiger partial charge in [0.05, 0.1) is 5.56 Å². The van der Waals surface area contributed by atoms with Crippen molar-refractivity contribution in [3.05, 3.63) is 29.7 Å². The average molecular weight is 399 g/mol. The Kier molecular flexibility index (Phi) is 4.99. The Labute approximate surface area is 159 Å². The molecule has 1 fully saturated rings. The van der Waals surface area contributed by atoms with Crippen LogP contribution in [-0.4, -0.2) is 38.4 Å². The van der Waals surface area contributed by atoms with Crippen molar-refractivity contribution in [3.63, 3.8) is 0 Å². The van der Waals surface area contributed by atoms with E-state index in [1.165, 1.54) is 17.0 Å². The molecule has 1 N–H and O–H groups in total. The van der Waals surface area contributed by atoms with Crippen LogP contribution in [0.5, 0.6) is 5.75 Å². The summed E-state index contributed by atoms with van der Waals surface area (Å²) in [6.45, 7) is 5.31. The first-order valence-corrected chi connectivity index (χ1v) is 8.69. The number of benzene rings is 1. The molecule has 0 saturated carbocycles. The summed E-state index contributed by atoms with van der Waals surface area (Å²) < 4.78 is 51.0. The molecule has 1 aromatic carbocycles. The van der Waals surface area contributed by atoms with Gasteiger partial charge in [-0.05, 0) is 51.8 Å². The number of hydrogen-bond acceptors (Lipinski definition) is 5. The van der Waals surface area contributed by atoms with Gasteiger partial charge in [-0.25, -0.2) is 4.79 Å². The fourth-order valence-corrected chi connectivity index (χ4v) is 3.05. The molecule has 2 heterocycles. The van der Waals surface area contributed by atoms with Crippen LogP contribution in [0.1, 0.15) is 51.1 Å². The van der Waals surface area contributed by atoms with E-state index in [9.17, 15) is 23.1 Å². The molecular formula is C18H20F3N3O4. The van der Waals surface area contributed by atoms with Crippen LogP contribution in [0.2, 0.25) is 0 Å². The van der Waals surface area contributed by atoms with Gasteiger partial charge in [-0.1, -0.05) is 5.16 Å². The second-order valence-corrected chi connectivity index (χ2v) is 7.51. The Morgan fingerprint density at radius 2 is 2.04 bits per heavy atom. The molecule has 1 atom stereocenters. The molecular weight excluding hydrogens is 379 g/mol. The molecule has 1 aliphatic heterocycles. The van der Waals surface area contributed by atoms with E-state index >= 15 is 0 Å². The minimum Gasteiger partial charge on any atom is -0.488 e. The smallest absolute Gasteiger partial charge is 0.419 e. The van der Waals surface area contributed by atoms with E-state index in [1.807, 2.05) is 0 Å². The molecule has 28 heavy (non-hydrogen) atoms. The Bertz CT molecular complexity index is 874. The van der Waals surface area contributed by atoms with Gasteiger partial charge in [-0.15, -0.1) is 0 Å². The van der Waals surface area contributed by atoms with Gasteiger partial charge in [-0.3, -0.25) is 4.90 Å². The van der Waals surface area contributed by atoms with Gasteiger partial charge in [0.15, 0.2) is 0 Å². The third-order valence-electron chi connectivity index (χ3n) is 4.18. The quantitative estimate of drug-likeness (QED) is 0.801. The number of ether oxygens (including phenoxy) is 1. The fraction of sp³-hybridized carbons (Fsp3) is 0.500. The summed E-state index contributed by atoms with van der Waals surface area (Å²) in [5, 5.41) is 13.0. The van der Waals surface area contributed by atoms with E-state index in [1.54, 1.807) is 20.8 Å². The lowest BCUT2D eigenvalue weighted by Crippen LogP contribution is -2.28. The molecule has 1 aliphatic rings. The molecule has 10 heteroatoms. The van der Waals surface area contributed by atoms with Gasteiger partial charge in [0, 0.05) is 12.1 Å². The van der Waals surface area contributed by atoms with Crippen LogP contribution < -0.4 is 4.74 Å². The van der Waals surface area contributed by atoms with E-state index in [4.69, 9.17) is 9.26 Å². The SMILES string of the molecule is CC(C)(C)Oc1ccc(-c2noc(C3CCCN3C(=O)O)n2)cc1C(F)(F)F. The van der Waals surface area contributed by atoms with Crippen LogP contribution in [0.15, 0.2) is 22.7 Å². The first-order chi connectivity index (χ1) is 13.0. The molecule has 0 bridgehead atoms. The Morgan fingerprint density at radius 3 is 2.64 bits per heavy atom. The van der Waals surface area contributed by atoms with E-state index in [2.05, 4.69) is 10.1 Å². The lowest BCUT2D eigenvalue weighted by Gasteiger charge is -2.24. The van der Waals surface area contributed by atoms with Gasteiger partial charge in [0.25, 0.3) is 0 Å². The lowest BCUT2D eigenvalue weighted by molar-refractivity contribution is -0.139. The Morgan fingerprint density at radius 1 is 1.32 bits per heavy atom. The molecule has 2 aromatic rings. The van der Waals surface area contributed by atoms with Crippen LogP contribution in [0.4, 0.5) is 18.0 Å². The van der Waals surface area contributed by atoms with Gasteiger partial charge in [-0.2, -0.15) is 18.2 Å². The topological polar surface area (TPSA) is 88.7 Å². The minimum absolute atomic E-state index is 0.0416. The Hall–Kier alpha value is -2.78. The van der Waals surface area contributed by atoms with E-state index < -0.39 is 29.5 Å². The highest BCUT2D eigenvalue weighted by Gasteiger charge is 2.37. The first kappa shape index (κ1) is 20.0. The zero-order valence-corrected chi connectivity index (χ0v) is 15.6. The summed E-state index contributed by atoms with van der Waals surface area (Å²) in [5.41, 5.74) is -1.65. The number of amides is 1.